The molecular formula is C18H20O6. The summed E-state index contributed by atoms with van der Waals surface area (Å²) in [5.41, 5.74) is -0.163. The Morgan fingerprint density at radius 1 is 0.875 bits per heavy atom. The largest absolute Gasteiger partial charge is 0.507 e. The third kappa shape index (κ3) is 5.08. The fourth-order valence-corrected chi connectivity index (χ4v) is 1.95. The van der Waals surface area contributed by atoms with Crippen molar-refractivity contribution in [3.63, 3.8) is 0 Å². The molecule has 0 aliphatic rings. The first-order valence-electron chi connectivity index (χ1n) is 7.65. The molecular weight excluding hydrogens is 312 g/mol. The Balaban J connectivity index is 1.76. The highest BCUT2D eigenvalue weighted by Crippen LogP contribution is 2.23. The van der Waals surface area contributed by atoms with Gasteiger partial charge in [-0.25, -0.2) is 4.79 Å². The van der Waals surface area contributed by atoms with Gasteiger partial charge in [0.1, 0.15) is 41.8 Å². The van der Waals surface area contributed by atoms with Gasteiger partial charge >= 0.3 is 5.97 Å². The van der Waals surface area contributed by atoms with Gasteiger partial charge in [0.2, 0.25) is 0 Å². The molecule has 24 heavy (non-hydrogen) atoms. The molecule has 0 saturated carbocycles. The lowest BCUT2D eigenvalue weighted by Gasteiger charge is -2.10. The second kappa shape index (κ2) is 8.67. The van der Waals surface area contributed by atoms with Crippen molar-refractivity contribution >= 4 is 5.97 Å². The molecule has 128 valence electrons. The zero-order valence-electron chi connectivity index (χ0n) is 13.4. The Morgan fingerprint density at radius 3 is 1.88 bits per heavy atom. The Kier molecular flexibility index (Phi) is 6.31. The zero-order chi connectivity index (χ0) is 17.4. The molecule has 2 aromatic rings. The number of aromatic hydroxyl groups is 1. The molecule has 2 N–H and O–H groups in total. The van der Waals surface area contributed by atoms with Crippen molar-refractivity contribution in [2.24, 2.45) is 0 Å². The lowest BCUT2D eigenvalue weighted by atomic mass is 10.2. The number of carbonyl (C=O) groups is 1. The lowest BCUT2D eigenvalue weighted by molar-refractivity contribution is 0.0693. The van der Waals surface area contributed by atoms with E-state index in [0.29, 0.717) is 24.7 Å². The minimum Gasteiger partial charge on any atom is -0.507 e. The van der Waals surface area contributed by atoms with Crippen LogP contribution in [0.2, 0.25) is 0 Å². The molecule has 0 bridgehead atoms. The Morgan fingerprint density at radius 2 is 1.38 bits per heavy atom. The summed E-state index contributed by atoms with van der Waals surface area (Å²) in [6.07, 6.45) is 0.957. The number of rotatable bonds is 9. The average Bonchev–Trinajstić information content (AvgIpc) is 2.57. The molecule has 0 aromatic heterocycles. The van der Waals surface area contributed by atoms with Crippen LogP contribution >= 0.6 is 0 Å². The number of aromatic carboxylic acids is 1. The van der Waals surface area contributed by atoms with Gasteiger partial charge in [-0.05, 0) is 42.8 Å². The molecule has 2 rings (SSSR count). The first-order chi connectivity index (χ1) is 11.6. The number of carboxylic acid groups (broad SMARTS) is 1. The van der Waals surface area contributed by atoms with Crippen molar-refractivity contribution in [2.45, 2.75) is 13.3 Å². The molecule has 0 unspecified atom stereocenters. The van der Waals surface area contributed by atoms with Crippen molar-refractivity contribution in [3.8, 4) is 23.0 Å². The second-order valence-corrected chi connectivity index (χ2v) is 5.00. The summed E-state index contributed by atoms with van der Waals surface area (Å²) in [5.74, 6) is 0.364. The van der Waals surface area contributed by atoms with Crippen LogP contribution in [0.1, 0.15) is 23.7 Å². The van der Waals surface area contributed by atoms with E-state index in [2.05, 4.69) is 0 Å². The number of carboxylic acids is 1. The molecule has 0 radical (unpaired) electrons. The summed E-state index contributed by atoms with van der Waals surface area (Å²) >= 11 is 0. The molecule has 0 amide bonds. The summed E-state index contributed by atoms with van der Waals surface area (Å²) in [5, 5.41) is 18.4. The van der Waals surface area contributed by atoms with Gasteiger partial charge in [-0.3, -0.25) is 0 Å². The molecule has 0 aliphatic heterocycles. The summed E-state index contributed by atoms with van der Waals surface area (Å²) in [4.78, 5) is 10.8. The lowest BCUT2D eigenvalue weighted by Crippen LogP contribution is -2.09. The van der Waals surface area contributed by atoms with E-state index in [1.807, 2.05) is 31.2 Å². The maximum Gasteiger partial charge on any atom is 0.339 e. The van der Waals surface area contributed by atoms with Gasteiger partial charge in [-0.15, -0.1) is 0 Å². The molecule has 0 atom stereocenters. The van der Waals surface area contributed by atoms with Gasteiger partial charge in [0.05, 0.1) is 6.61 Å². The molecule has 2 aromatic carbocycles. The number of hydrogen-bond donors (Lipinski definition) is 2. The van der Waals surface area contributed by atoms with Crippen LogP contribution in [0.3, 0.4) is 0 Å². The first-order valence-corrected chi connectivity index (χ1v) is 7.65. The van der Waals surface area contributed by atoms with E-state index in [-0.39, 0.29) is 17.9 Å². The van der Waals surface area contributed by atoms with Gasteiger partial charge in [-0.1, -0.05) is 6.92 Å². The van der Waals surface area contributed by atoms with Gasteiger partial charge in [-0.2, -0.15) is 0 Å². The normalized spacial score (nSPS) is 10.2. The maximum absolute atomic E-state index is 10.8. The van der Waals surface area contributed by atoms with Crippen LogP contribution in [0.15, 0.2) is 42.5 Å². The number of benzene rings is 2. The Labute approximate surface area is 140 Å². The topological polar surface area (TPSA) is 85.2 Å². The van der Waals surface area contributed by atoms with Gasteiger partial charge < -0.3 is 24.4 Å². The highest BCUT2D eigenvalue weighted by Gasteiger charge is 2.10. The summed E-state index contributed by atoms with van der Waals surface area (Å²) in [7, 11) is 0. The van der Waals surface area contributed by atoms with Gasteiger partial charge in [0.15, 0.2) is 0 Å². The van der Waals surface area contributed by atoms with Crippen LogP contribution in [0.4, 0.5) is 0 Å². The summed E-state index contributed by atoms with van der Waals surface area (Å²) in [6, 6.07) is 11.4. The van der Waals surface area contributed by atoms with Crippen LogP contribution in [0, 0.1) is 0 Å². The van der Waals surface area contributed by atoms with E-state index in [4.69, 9.17) is 19.3 Å². The SMILES string of the molecule is CCCOc1ccc(OCCOc2ccc(C(=O)O)c(O)c2)cc1. The van der Waals surface area contributed by atoms with Crippen LogP contribution < -0.4 is 14.2 Å². The second-order valence-electron chi connectivity index (χ2n) is 5.00. The monoisotopic (exact) mass is 332 g/mol. The molecule has 0 aliphatic carbocycles. The zero-order valence-corrected chi connectivity index (χ0v) is 13.4. The van der Waals surface area contributed by atoms with Crippen LogP contribution in [0.25, 0.3) is 0 Å². The van der Waals surface area contributed by atoms with Crippen molar-refractivity contribution in [2.75, 3.05) is 19.8 Å². The van der Waals surface area contributed by atoms with E-state index in [0.717, 1.165) is 12.2 Å². The predicted molar refractivity (Wildman–Crippen MR) is 88.3 cm³/mol. The third-order valence-corrected chi connectivity index (χ3v) is 3.12. The molecule has 0 saturated heterocycles. The highest BCUT2D eigenvalue weighted by molar-refractivity contribution is 5.90. The molecule has 0 heterocycles. The first kappa shape index (κ1) is 17.5. The smallest absolute Gasteiger partial charge is 0.339 e. The van der Waals surface area contributed by atoms with Crippen molar-refractivity contribution < 1.29 is 29.2 Å². The maximum atomic E-state index is 10.8. The number of ether oxygens (including phenoxy) is 3. The van der Waals surface area contributed by atoms with Crippen molar-refractivity contribution in [3.05, 3.63) is 48.0 Å². The van der Waals surface area contributed by atoms with Crippen LogP contribution in [-0.4, -0.2) is 36.0 Å². The Bertz CT molecular complexity index is 666. The molecule has 0 fully saturated rings. The standard InChI is InChI=1S/C18H20O6/c1-2-9-22-13-3-5-14(6-4-13)23-10-11-24-15-7-8-16(18(20)21)17(19)12-15/h3-8,12,19H,2,9-11H2,1H3,(H,20,21). The molecule has 6 nitrogen and oxygen atoms in total. The fourth-order valence-electron chi connectivity index (χ4n) is 1.95. The minimum atomic E-state index is -1.19. The average molecular weight is 332 g/mol. The summed E-state index contributed by atoms with van der Waals surface area (Å²) < 4.78 is 16.4. The summed E-state index contributed by atoms with van der Waals surface area (Å²) in [6.45, 7) is 3.31. The van der Waals surface area contributed by atoms with Crippen molar-refractivity contribution in [1.29, 1.82) is 0 Å². The van der Waals surface area contributed by atoms with E-state index in [1.165, 1.54) is 18.2 Å². The molecule has 6 heteroatoms. The van der Waals surface area contributed by atoms with E-state index < -0.39 is 5.97 Å². The number of phenols is 1. The fraction of sp³-hybridized carbons (Fsp3) is 0.278. The molecule has 0 spiro atoms. The predicted octanol–water partition coefficient (Wildman–Crippen LogP) is 3.34. The van der Waals surface area contributed by atoms with Crippen LogP contribution in [-0.2, 0) is 0 Å². The van der Waals surface area contributed by atoms with E-state index in [9.17, 15) is 9.90 Å². The quantitative estimate of drug-likeness (QED) is 0.685. The van der Waals surface area contributed by atoms with Crippen molar-refractivity contribution in [1.82, 2.24) is 0 Å². The van der Waals surface area contributed by atoms with Crippen LogP contribution in [0.5, 0.6) is 23.0 Å². The van der Waals surface area contributed by atoms with E-state index >= 15 is 0 Å². The minimum absolute atomic E-state index is 0.163. The highest BCUT2D eigenvalue weighted by atomic mass is 16.5. The third-order valence-electron chi connectivity index (χ3n) is 3.12. The number of hydrogen-bond acceptors (Lipinski definition) is 5. The van der Waals surface area contributed by atoms with Gasteiger partial charge in [0.25, 0.3) is 0 Å². The Hall–Kier alpha value is -2.89. The van der Waals surface area contributed by atoms with Gasteiger partial charge in [0, 0.05) is 6.07 Å². The van der Waals surface area contributed by atoms with E-state index in [1.54, 1.807) is 0 Å².